The van der Waals surface area contributed by atoms with Crippen molar-refractivity contribution in [3.8, 4) is 0 Å². The quantitative estimate of drug-likeness (QED) is 0.592. The molecule has 0 aromatic carbocycles. The van der Waals surface area contributed by atoms with E-state index in [1.807, 2.05) is 0 Å². The zero-order valence-electron chi connectivity index (χ0n) is 10.1. The minimum absolute atomic E-state index is 0.0341. The second-order valence-corrected chi connectivity index (χ2v) is 6.59. The van der Waals surface area contributed by atoms with Gasteiger partial charge in [0.1, 0.15) is 0 Å². The number of sulfone groups is 1. The first-order chi connectivity index (χ1) is 8.03. The van der Waals surface area contributed by atoms with Crippen LogP contribution in [-0.2, 0) is 14.6 Å². The lowest BCUT2D eigenvalue weighted by molar-refractivity contribution is 0.290. The minimum atomic E-state index is -2.94. The highest BCUT2D eigenvalue weighted by Crippen LogP contribution is 2.08. The molecule has 0 aliphatic carbocycles. The maximum atomic E-state index is 11.2. The lowest BCUT2D eigenvalue weighted by Crippen LogP contribution is -2.25. The van der Waals surface area contributed by atoms with E-state index in [0.29, 0.717) is 12.3 Å². The lowest BCUT2D eigenvalue weighted by atomic mass is 10.2. The zero-order valence-corrected chi connectivity index (χ0v) is 11.7. The van der Waals surface area contributed by atoms with Gasteiger partial charge >= 0.3 is 0 Å². The topological polar surface area (TPSA) is 55.4 Å². The Morgan fingerprint density at radius 3 is 2.82 bits per heavy atom. The lowest BCUT2D eigenvalue weighted by Gasteiger charge is -2.09. The third-order valence-electron chi connectivity index (χ3n) is 2.45. The van der Waals surface area contributed by atoms with Crippen molar-refractivity contribution in [1.29, 1.82) is 0 Å². The average Bonchev–Trinajstić information content (AvgIpc) is 2.57. The third kappa shape index (κ3) is 6.02. The fourth-order valence-electron chi connectivity index (χ4n) is 1.53. The van der Waals surface area contributed by atoms with Crippen LogP contribution in [0.25, 0.3) is 0 Å². The Labute approximate surface area is 108 Å². The molecule has 0 amide bonds. The maximum Gasteiger partial charge on any atom is 0.260 e. The van der Waals surface area contributed by atoms with E-state index < -0.39 is 9.84 Å². The second-order valence-electron chi connectivity index (χ2n) is 4.11. The molecule has 1 rings (SSSR count). The molecule has 17 heavy (non-hydrogen) atoms. The van der Waals surface area contributed by atoms with Gasteiger partial charge in [0.15, 0.2) is 9.84 Å². The van der Waals surface area contributed by atoms with Crippen LogP contribution >= 0.6 is 12.2 Å². The van der Waals surface area contributed by atoms with Crippen LogP contribution in [0, 0.1) is 0 Å². The van der Waals surface area contributed by atoms with Gasteiger partial charge in [0.2, 0.25) is 0 Å². The fourth-order valence-corrected chi connectivity index (χ4v) is 2.98. The predicted octanol–water partition coefficient (Wildman–Crippen LogP) is 1.77. The number of nitrogens with one attached hydrogen (secondary N) is 1. The number of hydrogen-bond donors (Lipinski definition) is 1. The standard InChI is InChI=1S/C11H19NO3S2/c1-2-3-4-5-7-15-11(16)12-10-6-8-17(13,14)9-10/h6H,2-5,7-9H2,1H3,(H,12,16). The minimum Gasteiger partial charge on any atom is -0.471 e. The first kappa shape index (κ1) is 14.4. The summed E-state index contributed by atoms with van der Waals surface area (Å²) in [6.45, 7) is 2.74. The van der Waals surface area contributed by atoms with Crippen molar-refractivity contribution in [3.05, 3.63) is 11.8 Å². The van der Waals surface area contributed by atoms with Crippen LogP contribution in [-0.4, -0.2) is 31.7 Å². The number of hydrogen-bond acceptors (Lipinski definition) is 4. The molecule has 1 N–H and O–H groups in total. The van der Waals surface area contributed by atoms with Crippen LogP contribution in [0.15, 0.2) is 11.8 Å². The van der Waals surface area contributed by atoms with Gasteiger partial charge in [-0.05, 0) is 24.7 Å². The molecule has 0 bridgehead atoms. The SMILES string of the molecule is CCCCCCOC(=S)NC1=CCS(=O)(=O)C1. The van der Waals surface area contributed by atoms with Gasteiger partial charge in [-0.1, -0.05) is 26.2 Å². The van der Waals surface area contributed by atoms with Crippen molar-refractivity contribution in [2.24, 2.45) is 0 Å². The van der Waals surface area contributed by atoms with E-state index in [0.717, 1.165) is 12.8 Å². The highest BCUT2D eigenvalue weighted by molar-refractivity contribution is 7.92. The van der Waals surface area contributed by atoms with Gasteiger partial charge in [-0.3, -0.25) is 0 Å². The smallest absolute Gasteiger partial charge is 0.260 e. The Morgan fingerprint density at radius 1 is 1.47 bits per heavy atom. The number of rotatable bonds is 6. The maximum absolute atomic E-state index is 11.2. The normalized spacial score (nSPS) is 17.6. The van der Waals surface area contributed by atoms with Crippen LogP contribution < -0.4 is 5.32 Å². The number of thiocarbonyl (C=S) groups is 1. The summed E-state index contributed by atoms with van der Waals surface area (Å²) in [7, 11) is -2.94. The molecular formula is C11H19NO3S2. The van der Waals surface area contributed by atoms with Crippen LogP contribution in [0.2, 0.25) is 0 Å². The van der Waals surface area contributed by atoms with E-state index >= 15 is 0 Å². The molecule has 0 unspecified atom stereocenters. The molecular weight excluding hydrogens is 258 g/mol. The molecule has 0 aromatic heterocycles. The Morgan fingerprint density at radius 2 is 2.24 bits per heavy atom. The summed E-state index contributed by atoms with van der Waals surface area (Å²) in [6.07, 6.45) is 6.14. The molecule has 0 saturated heterocycles. The molecule has 1 aliphatic heterocycles. The van der Waals surface area contributed by atoms with Crippen molar-refractivity contribution in [3.63, 3.8) is 0 Å². The molecule has 1 heterocycles. The van der Waals surface area contributed by atoms with Crippen molar-refractivity contribution in [1.82, 2.24) is 5.32 Å². The highest BCUT2D eigenvalue weighted by atomic mass is 32.2. The Kier molecular flexibility index (Phi) is 5.91. The van der Waals surface area contributed by atoms with Crippen molar-refractivity contribution >= 4 is 27.2 Å². The van der Waals surface area contributed by atoms with E-state index in [2.05, 4.69) is 12.2 Å². The van der Waals surface area contributed by atoms with Crippen molar-refractivity contribution in [2.75, 3.05) is 18.1 Å². The Hall–Kier alpha value is -0.620. The van der Waals surface area contributed by atoms with Crippen molar-refractivity contribution < 1.29 is 13.2 Å². The first-order valence-electron chi connectivity index (χ1n) is 5.87. The summed E-state index contributed by atoms with van der Waals surface area (Å²) in [5.74, 6) is 0.126. The summed E-state index contributed by atoms with van der Waals surface area (Å²) in [5.41, 5.74) is 0.628. The monoisotopic (exact) mass is 277 g/mol. The van der Waals surface area contributed by atoms with E-state index in [1.165, 1.54) is 12.8 Å². The van der Waals surface area contributed by atoms with Gasteiger partial charge in [-0.2, -0.15) is 0 Å². The van der Waals surface area contributed by atoms with Crippen LogP contribution in [0.1, 0.15) is 32.6 Å². The molecule has 4 nitrogen and oxygen atoms in total. The van der Waals surface area contributed by atoms with Gasteiger partial charge in [-0.25, -0.2) is 8.42 Å². The zero-order chi connectivity index (χ0) is 12.7. The van der Waals surface area contributed by atoms with Gasteiger partial charge in [0, 0.05) is 5.70 Å². The number of ether oxygens (including phenoxy) is 1. The van der Waals surface area contributed by atoms with E-state index in [-0.39, 0.29) is 16.7 Å². The summed E-state index contributed by atoms with van der Waals surface area (Å²) >= 11 is 4.97. The largest absolute Gasteiger partial charge is 0.471 e. The van der Waals surface area contributed by atoms with Crippen LogP contribution in [0.4, 0.5) is 0 Å². The third-order valence-corrected chi connectivity index (χ3v) is 4.10. The van der Waals surface area contributed by atoms with Crippen LogP contribution in [0.5, 0.6) is 0 Å². The number of unbranched alkanes of at least 4 members (excludes halogenated alkanes) is 3. The summed E-state index contributed by atoms with van der Waals surface area (Å²) in [6, 6.07) is 0. The molecule has 6 heteroatoms. The molecule has 1 aliphatic rings. The van der Waals surface area contributed by atoms with Crippen LogP contribution in [0.3, 0.4) is 0 Å². The summed E-state index contributed by atoms with van der Waals surface area (Å²) in [5, 5.41) is 3.08. The fraction of sp³-hybridized carbons (Fsp3) is 0.727. The molecule has 0 atom stereocenters. The van der Waals surface area contributed by atoms with Crippen molar-refractivity contribution in [2.45, 2.75) is 32.6 Å². The highest BCUT2D eigenvalue weighted by Gasteiger charge is 2.20. The first-order valence-corrected chi connectivity index (χ1v) is 8.09. The summed E-state index contributed by atoms with van der Waals surface area (Å²) < 4.78 is 27.7. The molecule has 0 fully saturated rings. The predicted molar refractivity (Wildman–Crippen MR) is 72.6 cm³/mol. The molecule has 98 valence electrons. The average molecular weight is 277 g/mol. The molecule has 0 aromatic rings. The Bertz CT molecular complexity index is 388. The second kappa shape index (κ2) is 6.96. The van der Waals surface area contributed by atoms with Gasteiger partial charge < -0.3 is 10.1 Å². The molecule has 0 spiro atoms. The van der Waals surface area contributed by atoms with E-state index in [9.17, 15) is 8.42 Å². The van der Waals surface area contributed by atoms with Gasteiger partial charge in [-0.15, -0.1) is 0 Å². The van der Waals surface area contributed by atoms with Gasteiger partial charge in [0.05, 0.1) is 18.1 Å². The molecule has 0 saturated carbocycles. The van der Waals surface area contributed by atoms with Gasteiger partial charge in [0.25, 0.3) is 5.17 Å². The Balaban J connectivity index is 2.14. The molecule has 0 radical (unpaired) electrons. The van der Waals surface area contributed by atoms with E-state index in [1.54, 1.807) is 6.08 Å². The van der Waals surface area contributed by atoms with E-state index in [4.69, 9.17) is 17.0 Å². The summed E-state index contributed by atoms with van der Waals surface area (Å²) in [4.78, 5) is 0.